The summed E-state index contributed by atoms with van der Waals surface area (Å²) in [6, 6.07) is 19.7. The Labute approximate surface area is 139 Å². The molecule has 3 rings (SSSR count). The molecule has 0 radical (unpaired) electrons. The van der Waals surface area contributed by atoms with Crippen molar-refractivity contribution >= 4 is 5.69 Å². The minimum atomic E-state index is 0.204. The van der Waals surface area contributed by atoms with Gasteiger partial charge in [-0.2, -0.15) is 0 Å². The Morgan fingerprint density at radius 1 is 0.913 bits per heavy atom. The number of piperazine rings is 1. The van der Waals surface area contributed by atoms with Crippen LogP contribution in [0.25, 0.3) is 0 Å². The number of hydrogen-bond donors (Lipinski definition) is 1. The van der Waals surface area contributed by atoms with Crippen LogP contribution >= 0.6 is 0 Å². The maximum absolute atomic E-state index is 6.00. The smallest absolute Gasteiger partial charge is 0.0400 e. The molecule has 1 aliphatic rings. The fraction of sp³-hybridized carbons (Fsp3) is 0.400. The third-order valence-corrected chi connectivity index (χ3v) is 4.50. The highest BCUT2D eigenvalue weighted by Crippen LogP contribution is 2.23. The minimum Gasteiger partial charge on any atom is -0.369 e. The van der Waals surface area contributed by atoms with E-state index in [-0.39, 0.29) is 6.04 Å². The van der Waals surface area contributed by atoms with Crippen molar-refractivity contribution in [3.63, 3.8) is 0 Å². The summed E-state index contributed by atoms with van der Waals surface area (Å²) in [6.07, 6.45) is 0.945. The van der Waals surface area contributed by atoms with Gasteiger partial charge in [0.15, 0.2) is 0 Å². The zero-order valence-corrected chi connectivity index (χ0v) is 14.0. The van der Waals surface area contributed by atoms with Crippen molar-refractivity contribution in [2.24, 2.45) is 5.73 Å². The Kier molecular flexibility index (Phi) is 5.31. The Morgan fingerprint density at radius 3 is 2.26 bits per heavy atom. The van der Waals surface area contributed by atoms with E-state index in [9.17, 15) is 0 Å². The first kappa shape index (κ1) is 16.0. The van der Waals surface area contributed by atoms with E-state index in [4.69, 9.17) is 5.73 Å². The van der Waals surface area contributed by atoms with Gasteiger partial charge in [0.25, 0.3) is 0 Å². The lowest BCUT2D eigenvalue weighted by Gasteiger charge is -2.37. The molecule has 0 aromatic heterocycles. The molecule has 3 nitrogen and oxygen atoms in total. The molecule has 2 aromatic rings. The first-order valence-electron chi connectivity index (χ1n) is 8.57. The van der Waals surface area contributed by atoms with Crippen molar-refractivity contribution in [1.29, 1.82) is 0 Å². The summed E-state index contributed by atoms with van der Waals surface area (Å²) in [5, 5.41) is 0. The van der Waals surface area contributed by atoms with E-state index < -0.39 is 0 Å². The second kappa shape index (κ2) is 7.62. The van der Waals surface area contributed by atoms with E-state index in [0.29, 0.717) is 0 Å². The zero-order valence-electron chi connectivity index (χ0n) is 14.0. The molecule has 1 fully saturated rings. The number of rotatable bonds is 5. The third kappa shape index (κ3) is 4.34. The molecule has 2 N–H and O–H groups in total. The van der Waals surface area contributed by atoms with Crippen molar-refractivity contribution in [2.75, 3.05) is 31.1 Å². The zero-order chi connectivity index (χ0) is 16.1. The molecular formula is C20H27N3. The number of hydrogen-bond acceptors (Lipinski definition) is 3. The minimum absolute atomic E-state index is 0.204. The second-order valence-electron chi connectivity index (χ2n) is 6.56. The van der Waals surface area contributed by atoms with Crippen molar-refractivity contribution in [3.05, 3.63) is 65.7 Å². The van der Waals surface area contributed by atoms with Crippen LogP contribution in [0.5, 0.6) is 0 Å². The van der Waals surface area contributed by atoms with Gasteiger partial charge in [-0.25, -0.2) is 0 Å². The van der Waals surface area contributed by atoms with Gasteiger partial charge in [-0.3, -0.25) is 4.90 Å². The normalized spacial score (nSPS) is 17.2. The van der Waals surface area contributed by atoms with Crippen molar-refractivity contribution in [2.45, 2.75) is 25.9 Å². The first-order chi connectivity index (χ1) is 11.2. The van der Waals surface area contributed by atoms with Gasteiger partial charge in [0.2, 0.25) is 0 Å². The van der Waals surface area contributed by atoms with Gasteiger partial charge in [0, 0.05) is 44.5 Å². The van der Waals surface area contributed by atoms with Crippen LogP contribution in [0.1, 0.15) is 18.1 Å². The number of nitrogens with two attached hydrogens (primary N) is 1. The maximum atomic E-state index is 6.00. The van der Waals surface area contributed by atoms with Crippen LogP contribution in [-0.4, -0.2) is 37.1 Å². The molecule has 1 atom stereocenters. The Hall–Kier alpha value is -1.84. The molecule has 0 bridgehead atoms. The SMILES string of the molecule is CC(N)Cc1ccccc1N1CCN(Cc2ccccc2)CC1. The molecule has 1 heterocycles. The lowest BCUT2D eigenvalue weighted by Crippen LogP contribution is -2.46. The quantitative estimate of drug-likeness (QED) is 0.922. The lowest BCUT2D eigenvalue weighted by molar-refractivity contribution is 0.249. The van der Waals surface area contributed by atoms with E-state index >= 15 is 0 Å². The van der Waals surface area contributed by atoms with E-state index in [1.165, 1.54) is 16.8 Å². The summed E-state index contributed by atoms with van der Waals surface area (Å²) in [4.78, 5) is 5.05. The van der Waals surface area contributed by atoms with Crippen LogP contribution in [0, 0.1) is 0 Å². The van der Waals surface area contributed by atoms with Crippen molar-refractivity contribution in [1.82, 2.24) is 4.90 Å². The molecule has 1 unspecified atom stereocenters. The standard InChI is InChI=1S/C20H27N3/c1-17(21)15-19-9-5-6-10-20(19)23-13-11-22(12-14-23)16-18-7-3-2-4-8-18/h2-10,17H,11-16,21H2,1H3. The molecule has 1 aliphatic heterocycles. The second-order valence-corrected chi connectivity index (χ2v) is 6.56. The molecule has 0 spiro atoms. The van der Waals surface area contributed by atoms with Gasteiger partial charge in [0.1, 0.15) is 0 Å². The van der Waals surface area contributed by atoms with Gasteiger partial charge in [0.05, 0.1) is 0 Å². The van der Waals surface area contributed by atoms with Gasteiger partial charge in [-0.05, 0) is 30.5 Å². The van der Waals surface area contributed by atoms with Gasteiger partial charge in [-0.1, -0.05) is 48.5 Å². The molecule has 23 heavy (non-hydrogen) atoms. The highest BCUT2D eigenvalue weighted by Gasteiger charge is 2.19. The Morgan fingerprint density at radius 2 is 1.57 bits per heavy atom. The fourth-order valence-corrected chi connectivity index (χ4v) is 3.33. The van der Waals surface area contributed by atoms with Crippen molar-refractivity contribution < 1.29 is 0 Å². The lowest BCUT2D eigenvalue weighted by atomic mass is 10.0. The number of benzene rings is 2. The molecule has 0 saturated carbocycles. The molecule has 122 valence electrons. The summed E-state index contributed by atoms with van der Waals surface area (Å²) in [5.41, 5.74) is 10.1. The molecular weight excluding hydrogens is 282 g/mol. The number of anilines is 1. The molecule has 1 saturated heterocycles. The third-order valence-electron chi connectivity index (χ3n) is 4.50. The average Bonchev–Trinajstić information content (AvgIpc) is 2.57. The summed E-state index contributed by atoms with van der Waals surface area (Å²) in [7, 11) is 0. The topological polar surface area (TPSA) is 32.5 Å². The van der Waals surface area contributed by atoms with E-state index in [2.05, 4.69) is 71.3 Å². The average molecular weight is 309 g/mol. The largest absolute Gasteiger partial charge is 0.369 e. The maximum Gasteiger partial charge on any atom is 0.0400 e. The molecule has 0 aliphatic carbocycles. The van der Waals surface area contributed by atoms with Crippen molar-refractivity contribution in [3.8, 4) is 0 Å². The molecule has 2 aromatic carbocycles. The number of para-hydroxylation sites is 1. The van der Waals surface area contributed by atoms with E-state index in [1.807, 2.05) is 0 Å². The predicted molar refractivity (Wildman–Crippen MR) is 97.7 cm³/mol. The van der Waals surface area contributed by atoms with Crippen LogP contribution < -0.4 is 10.6 Å². The summed E-state index contributed by atoms with van der Waals surface area (Å²) >= 11 is 0. The molecule has 0 amide bonds. The van der Waals surface area contributed by atoms with Crippen LogP contribution in [-0.2, 0) is 13.0 Å². The monoisotopic (exact) mass is 309 g/mol. The predicted octanol–water partition coefficient (Wildman–Crippen LogP) is 2.90. The summed E-state index contributed by atoms with van der Waals surface area (Å²) < 4.78 is 0. The van der Waals surface area contributed by atoms with Crippen LogP contribution in [0.4, 0.5) is 5.69 Å². The number of nitrogens with zero attached hydrogens (tertiary/aromatic N) is 2. The highest BCUT2D eigenvalue weighted by molar-refractivity contribution is 5.54. The van der Waals surface area contributed by atoms with Gasteiger partial charge in [-0.15, -0.1) is 0 Å². The fourth-order valence-electron chi connectivity index (χ4n) is 3.33. The van der Waals surface area contributed by atoms with E-state index in [0.717, 1.165) is 39.1 Å². The highest BCUT2D eigenvalue weighted by atomic mass is 15.3. The van der Waals surface area contributed by atoms with Gasteiger partial charge >= 0.3 is 0 Å². The van der Waals surface area contributed by atoms with Crippen LogP contribution in [0.3, 0.4) is 0 Å². The first-order valence-corrected chi connectivity index (χ1v) is 8.57. The van der Waals surface area contributed by atoms with E-state index in [1.54, 1.807) is 0 Å². The van der Waals surface area contributed by atoms with Crippen LogP contribution in [0.2, 0.25) is 0 Å². The Bertz CT molecular complexity index is 601. The van der Waals surface area contributed by atoms with Gasteiger partial charge < -0.3 is 10.6 Å². The molecule has 3 heteroatoms. The van der Waals surface area contributed by atoms with Crippen LogP contribution in [0.15, 0.2) is 54.6 Å². The summed E-state index contributed by atoms with van der Waals surface area (Å²) in [5.74, 6) is 0. The summed E-state index contributed by atoms with van der Waals surface area (Å²) in [6.45, 7) is 7.53. The Balaban J connectivity index is 1.61.